The third-order valence-corrected chi connectivity index (χ3v) is 3.67. The van der Waals surface area contributed by atoms with Crippen LogP contribution in [0.4, 0.5) is 0 Å². The molecule has 0 aliphatic carbocycles. The van der Waals surface area contributed by atoms with Gasteiger partial charge in [-0.15, -0.1) is 0 Å². The highest BCUT2D eigenvalue weighted by atomic mass is 79.9. The van der Waals surface area contributed by atoms with Crippen molar-refractivity contribution < 1.29 is 4.74 Å². The minimum Gasteiger partial charge on any atom is -0.472 e. The van der Waals surface area contributed by atoms with Gasteiger partial charge in [0, 0.05) is 23.3 Å². The Hall–Kier alpha value is -1.10. The van der Waals surface area contributed by atoms with Crippen LogP contribution >= 0.6 is 27.5 Å². The predicted molar refractivity (Wildman–Crippen MR) is 89.7 cm³/mol. The van der Waals surface area contributed by atoms with E-state index >= 15 is 0 Å². The summed E-state index contributed by atoms with van der Waals surface area (Å²) in [5.41, 5.74) is 2.12. The van der Waals surface area contributed by atoms with Crippen molar-refractivity contribution in [1.29, 1.82) is 0 Å². The molecule has 2 aromatic rings. The SMILES string of the molecule is CC(C)NCc1cnc(OCc2ccc(Br)cc2)c(Cl)c1. The molecule has 2 rings (SSSR count). The van der Waals surface area contributed by atoms with Crippen LogP contribution in [0.15, 0.2) is 41.0 Å². The highest BCUT2D eigenvalue weighted by Gasteiger charge is 2.06. The number of benzene rings is 1. The molecule has 0 aliphatic rings. The highest BCUT2D eigenvalue weighted by Crippen LogP contribution is 2.23. The fraction of sp³-hybridized carbons (Fsp3) is 0.312. The van der Waals surface area contributed by atoms with Crippen molar-refractivity contribution in [3.63, 3.8) is 0 Å². The molecule has 0 radical (unpaired) electrons. The minimum atomic E-state index is 0.428. The van der Waals surface area contributed by atoms with E-state index in [4.69, 9.17) is 16.3 Å². The van der Waals surface area contributed by atoms with Crippen molar-refractivity contribution in [2.75, 3.05) is 0 Å². The van der Waals surface area contributed by atoms with Crippen molar-refractivity contribution in [1.82, 2.24) is 10.3 Å². The molecule has 0 atom stereocenters. The molecular weight excluding hydrogens is 352 g/mol. The zero-order chi connectivity index (χ0) is 15.2. The van der Waals surface area contributed by atoms with Crippen LogP contribution in [0.25, 0.3) is 0 Å². The Morgan fingerprint density at radius 1 is 1.24 bits per heavy atom. The summed E-state index contributed by atoms with van der Waals surface area (Å²) in [5, 5.41) is 3.86. The first-order valence-electron chi connectivity index (χ1n) is 6.79. The number of rotatable bonds is 6. The van der Waals surface area contributed by atoms with Gasteiger partial charge in [-0.3, -0.25) is 0 Å². The normalized spacial score (nSPS) is 10.9. The molecule has 0 amide bonds. The van der Waals surface area contributed by atoms with Crippen molar-refractivity contribution >= 4 is 27.5 Å². The molecule has 0 aliphatic heterocycles. The van der Waals surface area contributed by atoms with E-state index in [0.717, 1.165) is 22.1 Å². The lowest BCUT2D eigenvalue weighted by molar-refractivity contribution is 0.294. The number of nitrogens with zero attached hydrogens (tertiary/aromatic N) is 1. The van der Waals surface area contributed by atoms with Crippen LogP contribution in [0.5, 0.6) is 5.88 Å². The summed E-state index contributed by atoms with van der Waals surface area (Å²) in [6.07, 6.45) is 1.79. The standard InChI is InChI=1S/C16H18BrClN2O/c1-11(2)19-8-13-7-15(18)16(20-9-13)21-10-12-3-5-14(17)6-4-12/h3-7,9,11,19H,8,10H2,1-2H3. The van der Waals surface area contributed by atoms with Gasteiger partial charge < -0.3 is 10.1 Å². The van der Waals surface area contributed by atoms with Gasteiger partial charge in [0.25, 0.3) is 0 Å². The molecule has 1 aromatic heterocycles. The van der Waals surface area contributed by atoms with E-state index in [0.29, 0.717) is 23.6 Å². The Labute approximate surface area is 138 Å². The van der Waals surface area contributed by atoms with E-state index in [1.807, 2.05) is 30.3 Å². The van der Waals surface area contributed by atoms with Gasteiger partial charge in [0.05, 0.1) is 0 Å². The van der Waals surface area contributed by atoms with Crippen molar-refractivity contribution in [3.8, 4) is 5.88 Å². The first-order chi connectivity index (χ1) is 10.0. The molecule has 0 spiro atoms. The number of aromatic nitrogens is 1. The van der Waals surface area contributed by atoms with Crippen molar-refractivity contribution in [2.45, 2.75) is 33.0 Å². The maximum Gasteiger partial charge on any atom is 0.232 e. The number of ether oxygens (including phenoxy) is 1. The van der Waals surface area contributed by atoms with E-state index in [9.17, 15) is 0 Å². The van der Waals surface area contributed by atoms with Crippen LogP contribution < -0.4 is 10.1 Å². The fourth-order valence-corrected chi connectivity index (χ4v) is 2.23. The minimum absolute atomic E-state index is 0.428. The number of halogens is 2. The number of nitrogens with one attached hydrogen (secondary N) is 1. The van der Waals surface area contributed by atoms with E-state index in [1.165, 1.54) is 0 Å². The van der Waals surface area contributed by atoms with Crippen molar-refractivity contribution in [2.24, 2.45) is 0 Å². The van der Waals surface area contributed by atoms with Gasteiger partial charge in [0.1, 0.15) is 11.6 Å². The molecule has 21 heavy (non-hydrogen) atoms. The second-order valence-corrected chi connectivity index (χ2v) is 6.40. The summed E-state index contributed by atoms with van der Waals surface area (Å²) in [5.74, 6) is 0.466. The summed E-state index contributed by atoms with van der Waals surface area (Å²) in [6.45, 7) is 5.40. The Bertz CT molecular complexity index is 587. The highest BCUT2D eigenvalue weighted by molar-refractivity contribution is 9.10. The number of hydrogen-bond donors (Lipinski definition) is 1. The Morgan fingerprint density at radius 3 is 2.57 bits per heavy atom. The molecule has 5 heteroatoms. The van der Waals surface area contributed by atoms with Gasteiger partial charge in [-0.05, 0) is 29.3 Å². The van der Waals surface area contributed by atoms with Crippen molar-refractivity contribution in [3.05, 3.63) is 57.2 Å². The summed E-state index contributed by atoms with van der Waals surface area (Å²) in [7, 11) is 0. The largest absolute Gasteiger partial charge is 0.472 e. The second kappa shape index (κ2) is 7.78. The average Bonchev–Trinajstić information content (AvgIpc) is 2.46. The zero-order valence-corrected chi connectivity index (χ0v) is 14.4. The monoisotopic (exact) mass is 368 g/mol. The number of pyridine rings is 1. The van der Waals surface area contributed by atoms with Crippen LogP contribution in [0.3, 0.4) is 0 Å². The molecule has 0 unspecified atom stereocenters. The van der Waals surface area contributed by atoms with E-state index in [1.54, 1.807) is 6.20 Å². The predicted octanol–water partition coefficient (Wildman–Crippen LogP) is 4.57. The average molecular weight is 370 g/mol. The summed E-state index contributed by atoms with van der Waals surface area (Å²) in [6, 6.07) is 10.3. The van der Waals surface area contributed by atoms with Crippen LogP contribution in [0.1, 0.15) is 25.0 Å². The maximum absolute atomic E-state index is 6.21. The lowest BCUT2D eigenvalue weighted by Crippen LogP contribution is -2.21. The summed E-state index contributed by atoms with van der Waals surface area (Å²) in [4.78, 5) is 4.29. The molecular formula is C16H18BrClN2O. The maximum atomic E-state index is 6.21. The first-order valence-corrected chi connectivity index (χ1v) is 7.96. The lowest BCUT2D eigenvalue weighted by Gasteiger charge is -2.10. The molecule has 1 heterocycles. The van der Waals surface area contributed by atoms with Gasteiger partial charge in [0.15, 0.2) is 0 Å². The molecule has 0 saturated carbocycles. The third-order valence-electron chi connectivity index (χ3n) is 2.87. The number of hydrogen-bond acceptors (Lipinski definition) is 3. The zero-order valence-electron chi connectivity index (χ0n) is 12.1. The van der Waals surface area contributed by atoms with Gasteiger partial charge in [-0.2, -0.15) is 0 Å². The van der Waals surface area contributed by atoms with Crippen LogP contribution in [-0.2, 0) is 13.2 Å². The molecule has 1 aromatic carbocycles. The quantitative estimate of drug-likeness (QED) is 0.809. The Morgan fingerprint density at radius 2 is 1.95 bits per heavy atom. The van der Waals surface area contributed by atoms with E-state index < -0.39 is 0 Å². The first kappa shape index (κ1) is 16.3. The van der Waals surface area contributed by atoms with E-state index in [2.05, 4.69) is 40.1 Å². The Kier molecular flexibility index (Phi) is 6.03. The fourth-order valence-electron chi connectivity index (χ4n) is 1.72. The molecule has 3 nitrogen and oxygen atoms in total. The van der Waals surface area contributed by atoms with Gasteiger partial charge >= 0.3 is 0 Å². The van der Waals surface area contributed by atoms with E-state index in [-0.39, 0.29) is 0 Å². The van der Waals surface area contributed by atoms with Gasteiger partial charge in [0.2, 0.25) is 5.88 Å². The van der Waals surface area contributed by atoms with Crippen LogP contribution in [0, 0.1) is 0 Å². The second-order valence-electron chi connectivity index (χ2n) is 5.08. The topological polar surface area (TPSA) is 34.2 Å². The smallest absolute Gasteiger partial charge is 0.232 e. The molecule has 112 valence electrons. The van der Waals surface area contributed by atoms with Crippen LogP contribution in [-0.4, -0.2) is 11.0 Å². The summed E-state index contributed by atoms with van der Waals surface area (Å²) < 4.78 is 6.71. The molecule has 0 saturated heterocycles. The lowest BCUT2D eigenvalue weighted by atomic mass is 10.2. The van der Waals surface area contributed by atoms with Gasteiger partial charge in [-0.1, -0.05) is 53.5 Å². The van der Waals surface area contributed by atoms with Crippen LogP contribution in [0.2, 0.25) is 5.02 Å². The van der Waals surface area contributed by atoms with Gasteiger partial charge in [-0.25, -0.2) is 4.98 Å². The molecule has 0 fully saturated rings. The molecule has 1 N–H and O–H groups in total. The third kappa shape index (κ3) is 5.30. The molecule has 0 bridgehead atoms. The summed E-state index contributed by atoms with van der Waals surface area (Å²) >= 11 is 9.62. The Balaban J connectivity index is 1.95.